The van der Waals surface area contributed by atoms with E-state index in [0.717, 1.165) is 12.0 Å². The Morgan fingerprint density at radius 1 is 0.767 bits per heavy atom. The Morgan fingerprint density at radius 3 is 1.60 bits per heavy atom. The summed E-state index contributed by atoms with van der Waals surface area (Å²) in [5, 5.41) is 32.2. The van der Waals surface area contributed by atoms with Gasteiger partial charge in [0.25, 0.3) is 0 Å². The Labute approximate surface area is 253 Å². The maximum Gasteiger partial charge on any atom is 0.339 e. The van der Waals surface area contributed by atoms with Crippen LogP contribution in [-0.4, -0.2) is 147 Å². The summed E-state index contributed by atoms with van der Waals surface area (Å²) < 4.78 is 11.7. The van der Waals surface area contributed by atoms with E-state index in [9.17, 15) is 44.1 Å². The lowest BCUT2D eigenvalue weighted by Gasteiger charge is -2.34. The minimum Gasteiger partial charge on any atom is -0.480 e. The molecule has 1 aliphatic heterocycles. The summed E-state index contributed by atoms with van der Waals surface area (Å²) in [6, 6.07) is 6.89. The zero-order valence-corrected chi connectivity index (χ0v) is 26.2. The van der Waals surface area contributed by atoms with E-state index < -0.39 is 37.8 Å². The Balaban J connectivity index is 2.20. The third-order valence-corrected chi connectivity index (χ3v) is 8.11. The summed E-state index contributed by atoms with van der Waals surface area (Å²) >= 11 is 0. The number of hydrogen-bond acceptors (Lipinski definition) is 9. The quantitative estimate of drug-likeness (QED) is 0.156. The number of rotatable bonds is 14. The van der Waals surface area contributed by atoms with Crippen LogP contribution in [0.2, 0.25) is 0 Å². The van der Waals surface area contributed by atoms with Crippen LogP contribution < -0.4 is 5.32 Å². The van der Waals surface area contributed by atoms with Crippen LogP contribution in [0, 0.1) is 5.92 Å². The lowest BCUT2D eigenvalue weighted by atomic mass is 9.99. The van der Waals surface area contributed by atoms with Gasteiger partial charge in [-0.15, -0.1) is 0 Å². The zero-order valence-electron chi connectivity index (χ0n) is 25.3. The van der Waals surface area contributed by atoms with Crippen LogP contribution in [-0.2, 0) is 25.4 Å². The number of hydrogen-bond donors (Lipinski definition) is 6. The lowest BCUT2D eigenvalue weighted by molar-refractivity contribution is -0.140. The monoisotopic (exact) mass is 629 g/mol. The number of aliphatic carboxylic acids is 3. The van der Waals surface area contributed by atoms with Gasteiger partial charge in [-0.3, -0.25) is 43.9 Å². The molecule has 0 spiro atoms. The molecule has 1 saturated heterocycles. The molecule has 1 aliphatic rings. The standard InChI is InChI=1S/C28H48N5O9P/c1-21(2)16-23-4-6-24(7-5-23)22(3)29-25(28(38)39)17-30-8-10-31(18-26(34)35)12-14-33(20-43(40,41)42)15-13-32(11-9-30)19-27(36)37/h4-7,21-22,25,29H,8-20H2,1-3H3,(H,34,35)(H,36,37)(H,38,39)(H2,40,41,42). The average molecular weight is 630 g/mol. The second-order valence-electron chi connectivity index (χ2n) is 11.7. The molecule has 1 aromatic carbocycles. The molecular weight excluding hydrogens is 581 g/mol. The lowest BCUT2D eigenvalue weighted by Crippen LogP contribution is -2.52. The Kier molecular flexibility index (Phi) is 15.2. The van der Waals surface area contributed by atoms with Crippen molar-refractivity contribution in [3.63, 3.8) is 0 Å². The first-order valence-corrected chi connectivity index (χ1v) is 16.4. The van der Waals surface area contributed by atoms with Crippen molar-refractivity contribution in [2.45, 2.75) is 39.3 Å². The van der Waals surface area contributed by atoms with Gasteiger partial charge in [0.2, 0.25) is 0 Å². The van der Waals surface area contributed by atoms with E-state index in [1.807, 2.05) is 24.0 Å². The second kappa shape index (κ2) is 17.8. The fourth-order valence-corrected chi connectivity index (χ4v) is 5.94. The molecule has 0 aromatic heterocycles. The molecule has 1 aromatic rings. The van der Waals surface area contributed by atoms with Gasteiger partial charge < -0.3 is 25.1 Å². The van der Waals surface area contributed by atoms with Crippen molar-refractivity contribution in [1.82, 2.24) is 24.9 Å². The molecule has 1 fully saturated rings. The number of nitrogens with zero attached hydrogens (tertiary/aromatic N) is 4. The summed E-state index contributed by atoms with van der Waals surface area (Å²) in [5.41, 5.74) is 2.16. The maximum atomic E-state index is 12.3. The smallest absolute Gasteiger partial charge is 0.339 e. The molecule has 0 amide bonds. The highest BCUT2D eigenvalue weighted by molar-refractivity contribution is 7.51. The summed E-state index contributed by atoms with van der Waals surface area (Å²) in [7, 11) is -4.40. The maximum absolute atomic E-state index is 12.3. The first-order chi connectivity index (χ1) is 20.1. The molecule has 0 bridgehead atoms. The molecule has 1 heterocycles. The van der Waals surface area contributed by atoms with Gasteiger partial charge >= 0.3 is 25.5 Å². The first-order valence-electron chi connectivity index (χ1n) is 14.6. The molecule has 15 heteroatoms. The van der Waals surface area contributed by atoms with Crippen LogP contribution in [0.15, 0.2) is 24.3 Å². The van der Waals surface area contributed by atoms with Crippen molar-refractivity contribution in [3.8, 4) is 0 Å². The molecule has 2 atom stereocenters. The van der Waals surface area contributed by atoms with Crippen molar-refractivity contribution in [2.24, 2.45) is 5.92 Å². The molecule has 6 N–H and O–H groups in total. The van der Waals surface area contributed by atoms with Gasteiger partial charge in [0.15, 0.2) is 0 Å². The van der Waals surface area contributed by atoms with Crippen LogP contribution in [0.3, 0.4) is 0 Å². The molecule has 14 nitrogen and oxygen atoms in total. The molecular formula is C28H48N5O9P. The Hall–Kier alpha value is -2.42. The van der Waals surface area contributed by atoms with Gasteiger partial charge in [-0.25, -0.2) is 0 Å². The van der Waals surface area contributed by atoms with Gasteiger partial charge in [0.1, 0.15) is 12.3 Å². The third-order valence-electron chi connectivity index (χ3n) is 7.35. The summed E-state index contributed by atoms with van der Waals surface area (Å²) in [4.78, 5) is 61.1. The van der Waals surface area contributed by atoms with Crippen LogP contribution >= 0.6 is 7.60 Å². The van der Waals surface area contributed by atoms with E-state index in [1.54, 1.807) is 9.80 Å². The highest BCUT2D eigenvalue weighted by atomic mass is 31.2. The van der Waals surface area contributed by atoms with Gasteiger partial charge in [-0.2, -0.15) is 0 Å². The van der Waals surface area contributed by atoms with Crippen molar-refractivity contribution in [2.75, 3.05) is 78.3 Å². The Morgan fingerprint density at radius 2 is 1.21 bits per heavy atom. The Bertz CT molecular complexity index is 1050. The molecule has 2 unspecified atom stereocenters. The minimum absolute atomic E-state index is 0.108. The van der Waals surface area contributed by atoms with Crippen molar-refractivity contribution < 1.29 is 44.1 Å². The number of carbonyl (C=O) groups is 3. The highest BCUT2D eigenvalue weighted by Crippen LogP contribution is 2.34. The van der Waals surface area contributed by atoms with E-state index in [2.05, 4.69) is 31.3 Å². The predicted octanol–water partition coefficient (Wildman–Crippen LogP) is 0.515. The van der Waals surface area contributed by atoms with E-state index in [-0.39, 0.29) is 64.9 Å². The largest absolute Gasteiger partial charge is 0.480 e. The van der Waals surface area contributed by atoms with Gasteiger partial charge in [0, 0.05) is 64.9 Å². The molecule has 2 rings (SSSR count). The second-order valence-corrected chi connectivity index (χ2v) is 13.3. The SMILES string of the molecule is CC(C)Cc1ccc(C(C)NC(CN2CCN(CC(=O)O)CCN(CP(=O)(O)O)CCN(CC(=O)O)CC2)C(=O)O)cc1. The van der Waals surface area contributed by atoms with E-state index in [0.29, 0.717) is 19.0 Å². The fourth-order valence-electron chi connectivity index (χ4n) is 5.13. The molecule has 0 radical (unpaired) electrons. The van der Waals surface area contributed by atoms with Crippen LogP contribution in [0.1, 0.15) is 37.9 Å². The van der Waals surface area contributed by atoms with Crippen LogP contribution in [0.4, 0.5) is 0 Å². The summed E-state index contributed by atoms with van der Waals surface area (Å²) in [5.74, 6) is -2.61. The highest BCUT2D eigenvalue weighted by Gasteiger charge is 2.26. The van der Waals surface area contributed by atoms with Crippen molar-refractivity contribution >= 4 is 25.5 Å². The van der Waals surface area contributed by atoms with E-state index in [4.69, 9.17) is 0 Å². The minimum atomic E-state index is -4.40. The topological polar surface area (TPSA) is 194 Å². The van der Waals surface area contributed by atoms with Crippen molar-refractivity contribution in [3.05, 3.63) is 35.4 Å². The fraction of sp³-hybridized carbons (Fsp3) is 0.679. The summed E-state index contributed by atoms with van der Waals surface area (Å²) in [6.45, 7) is 7.68. The van der Waals surface area contributed by atoms with Gasteiger partial charge in [-0.1, -0.05) is 38.1 Å². The molecule has 43 heavy (non-hydrogen) atoms. The zero-order chi connectivity index (χ0) is 32.2. The molecule has 0 saturated carbocycles. The van der Waals surface area contributed by atoms with Crippen LogP contribution in [0.5, 0.6) is 0 Å². The molecule has 244 valence electrons. The number of carboxylic acids is 3. The predicted molar refractivity (Wildman–Crippen MR) is 161 cm³/mol. The van der Waals surface area contributed by atoms with Gasteiger partial charge in [-0.05, 0) is 30.4 Å². The first kappa shape index (κ1) is 36.8. The van der Waals surface area contributed by atoms with Crippen molar-refractivity contribution in [1.29, 1.82) is 0 Å². The number of carboxylic acid groups (broad SMARTS) is 3. The van der Waals surface area contributed by atoms with E-state index in [1.165, 1.54) is 10.5 Å². The number of benzene rings is 1. The number of nitrogens with one attached hydrogen (secondary N) is 1. The van der Waals surface area contributed by atoms with Crippen LogP contribution in [0.25, 0.3) is 0 Å². The third kappa shape index (κ3) is 15.2. The van der Waals surface area contributed by atoms with Gasteiger partial charge in [0.05, 0.1) is 13.1 Å². The summed E-state index contributed by atoms with van der Waals surface area (Å²) in [6.07, 6.45) is 0.430. The normalized spacial score (nSPS) is 18.9. The van der Waals surface area contributed by atoms with E-state index >= 15 is 0 Å². The average Bonchev–Trinajstić information content (AvgIpc) is 2.88. The molecule has 0 aliphatic carbocycles.